The summed E-state index contributed by atoms with van der Waals surface area (Å²) >= 11 is 1.62. The Morgan fingerprint density at radius 2 is 2.32 bits per heavy atom. The molecule has 3 rings (SSSR count). The fourth-order valence-corrected chi connectivity index (χ4v) is 3.14. The molecule has 1 saturated carbocycles. The number of carbonyl (C=O) groups excluding carboxylic acids is 1. The van der Waals surface area contributed by atoms with E-state index in [1.165, 1.54) is 18.5 Å². The second-order valence-electron chi connectivity index (χ2n) is 5.22. The molecule has 1 aliphatic heterocycles. The van der Waals surface area contributed by atoms with E-state index in [0.29, 0.717) is 19.0 Å². The Bertz CT molecular complexity index is 458. The lowest BCUT2D eigenvalue weighted by Crippen LogP contribution is -2.35. The summed E-state index contributed by atoms with van der Waals surface area (Å²) in [5, 5.41) is 5.98. The molecule has 5 nitrogen and oxygen atoms in total. The number of amides is 1. The first kappa shape index (κ1) is 13.0. The highest BCUT2D eigenvalue weighted by Crippen LogP contribution is 2.40. The van der Waals surface area contributed by atoms with Crippen molar-refractivity contribution in [1.82, 2.24) is 10.3 Å². The molecule has 0 radical (unpaired) electrons. The Hall–Kier alpha value is -0.980. The Labute approximate surface area is 116 Å². The van der Waals surface area contributed by atoms with E-state index in [4.69, 9.17) is 10.5 Å². The van der Waals surface area contributed by atoms with Gasteiger partial charge >= 0.3 is 0 Å². The van der Waals surface area contributed by atoms with Gasteiger partial charge in [0.05, 0.1) is 18.3 Å². The molecule has 0 aromatic carbocycles. The summed E-state index contributed by atoms with van der Waals surface area (Å²) in [7, 11) is 0. The van der Waals surface area contributed by atoms with Crippen molar-refractivity contribution in [1.29, 1.82) is 0 Å². The van der Waals surface area contributed by atoms with Crippen molar-refractivity contribution < 1.29 is 9.53 Å². The van der Waals surface area contributed by atoms with Gasteiger partial charge in [-0.3, -0.25) is 4.79 Å². The van der Waals surface area contributed by atoms with Gasteiger partial charge in [0.25, 0.3) is 0 Å². The largest absolute Gasteiger partial charge is 0.364 e. The minimum absolute atomic E-state index is 0.0390. The highest BCUT2D eigenvalue weighted by atomic mass is 32.1. The third-order valence-electron chi connectivity index (χ3n) is 3.64. The van der Waals surface area contributed by atoms with Crippen LogP contribution in [0.1, 0.15) is 42.3 Å². The predicted octanol–water partition coefficient (Wildman–Crippen LogP) is 1.14. The molecule has 2 aliphatic rings. The van der Waals surface area contributed by atoms with Crippen LogP contribution in [-0.2, 0) is 16.1 Å². The fourth-order valence-electron chi connectivity index (χ4n) is 2.32. The van der Waals surface area contributed by atoms with Crippen molar-refractivity contribution >= 4 is 17.2 Å². The summed E-state index contributed by atoms with van der Waals surface area (Å²) in [4.78, 5) is 16.5. The Balaban J connectivity index is 1.47. The van der Waals surface area contributed by atoms with Gasteiger partial charge < -0.3 is 15.8 Å². The summed E-state index contributed by atoms with van der Waals surface area (Å²) < 4.78 is 5.56. The van der Waals surface area contributed by atoms with E-state index in [9.17, 15) is 4.79 Å². The quantitative estimate of drug-likeness (QED) is 0.848. The molecule has 104 valence electrons. The summed E-state index contributed by atoms with van der Waals surface area (Å²) in [5.74, 6) is 0.628. The van der Waals surface area contributed by atoms with Crippen molar-refractivity contribution in [2.75, 3.05) is 6.54 Å². The lowest BCUT2D eigenvalue weighted by Gasteiger charge is -2.11. The molecule has 19 heavy (non-hydrogen) atoms. The maximum Gasteiger partial charge on any atom is 0.249 e. The SMILES string of the molecule is NC[C@H]1CC[C@@H](C(=O)NCc2nc(C3CC3)cs2)O1. The summed E-state index contributed by atoms with van der Waals surface area (Å²) in [5.41, 5.74) is 6.72. The van der Waals surface area contributed by atoms with E-state index in [1.54, 1.807) is 11.3 Å². The summed E-state index contributed by atoms with van der Waals surface area (Å²) in [6.07, 6.45) is 3.85. The van der Waals surface area contributed by atoms with Crippen molar-refractivity contribution in [2.24, 2.45) is 5.73 Å². The molecule has 1 aromatic heterocycles. The Kier molecular flexibility index (Phi) is 3.81. The molecule has 1 saturated heterocycles. The van der Waals surface area contributed by atoms with Crippen LogP contribution in [0.5, 0.6) is 0 Å². The first-order valence-corrected chi connectivity index (χ1v) is 7.71. The van der Waals surface area contributed by atoms with Crippen LogP contribution in [0.3, 0.4) is 0 Å². The zero-order valence-electron chi connectivity index (χ0n) is 10.8. The third kappa shape index (κ3) is 3.13. The summed E-state index contributed by atoms with van der Waals surface area (Å²) in [6.45, 7) is 0.990. The van der Waals surface area contributed by atoms with Gasteiger partial charge in [0.2, 0.25) is 5.91 Å². The molecular formula is C13H19N3O2S. The average Bonchev–Trinajstić information content (AvgIpc) is 2.99. The number of aromatic nitrogens is 1. The molecule has 3 N–H and O–H groups in total. The molecule has 2 atom stereocenters. The molecule has 0 bridgehead atoms. The molecule has 2 fully saturated rings. The highest BCUT2D eigenvalue weighted by molar-refractivity contribution is 7.09. The van der Waals surface area contributed by atoms with Crippen LogP contribution in [0.4, 0.5) is 0 Å². The van der Waals surface area contributed by atoms with E-state index in [2.05, 4.69) is 15.7 Å². The molecule has 1 aromatic rings. The van der Waals surface area contributed by atoms with Crippen LogP contribution in [0.25, 0.3) is 0 Å². The van der Waals surface area contributed by atoms with E-state index in [-0.39, 0.29) is 18.1 Å². The maximum atomic E-state index is 11.9. The van der Waals surface area contributed by atoms with Gasteiger partial charge in [-0.05, 0) is 25.7 Å². The van der Waals surface area contributed by atoms with E-state index in [1.807, 2.05) is 0 Å². The number of rotatable bonds is 5. The minimum Gasteiger partial charge on any atom is -0.364 e. The van der Waals surface area contributed by atoms with E-state index >= 15 is 0 Å². The monoisotopic (exact) mass is 281 g/mol. The number of hydrogen-bond donors (Lipinski definition) is 2. The second kappa shape index (κ2) is 5.56. The Morgan fingerprint density at radius 3 is 3.00 bits per heavy atom. The van der Waals surface area contributed by atoms with Crippen molar-refractivity contribution in [2.45, 2.75) is 50.4 Å². The lowest BCUT2D eigenvalue weighted by molar-refractivity contribution is -0.132. The maximum absolute atomic E-state index is 11.9. The van der Waals surface area contributed by atoms with Gasteiger partial charge in [0, 0.05) is 17.8 Å². The zero-order chi connectivity index (χ0) is 13.2. The standard InChI is InChI=1S/C13H19N3O2S/c14-5-9-3-4-11(18-9)13(17)15-6-12-16-10(7-19-12)8-1-2-8/h7-9,11H,1-6,14H2,(H,15,17)/t9-,11+/m1/s1. The molecular weight excluding hydrogens is 262 g/mol. The molecule has 6 heteroatoms. The van der Waals surface area contributed by atoms with E-state index < -0.39 is 0 Å². The van der Waals surface area contributed by atoms with Crippen molar-refractivity contribution in [3.05, 3.63) is 16.1 Å². The second-order valence-corrected chi connectivity index (χ2v) is 6.16. The fraction of sp³-hybridized carbons (Fsp3) is 0.692. The van der Waals surface area contributed by atoms with Crippen LogP contribution < -0.4 is 11.1 Å². The van der Waals surface area contributed by atoms with Gasteiger partial charge in [-0.15, -0.1) is 11.3 Å². The van der Waals surface area contributed by atoms with Crippen LogP contribution in [-0.4, -0.2) is 29.6 Å². The van der Waals surface area contributed by atoms with Crippen molar-refractivity contribution in [3.8, 4) is 0 Å². The lowest BCUT2D eigenvalue weighted by atomic mass is 10.2. The van der Waals surface area contributed by atoms with Crippen LogP contribution in [0, 0.1) is 0 Å². The number of hydrogen-bond acceptors (Lipinski definition) is 5. The first-order valence-electron chi connectivity index (χ1n) is 6.84. The minimum atomic E-state index is -0.337. The zero-order valence-corrected chi connectivity index (χ0v) is 11.6. The molecule has 1 amide bonds. The smallest absolute Gasteiger partial charge is 0.249 e. The Morgan fingerprint density at radius 1 is 1.47 bits per heavy atom. The molecule has 0 spiro atoms. The van der Waals surface area contributed by atoms with Gasteiger partial charge in [0.15, 0.2) is 0 Å². The van der Waals surface area contributed by atoms with Crippen molar-refractivity contribution in [3.63, 3.8) is 0 Å². The average molecular weight is 281 g/mol. The van der Waals surface area contributed by atoms with Crippen LogP contribution >= 0.6 is 11.3 Å². The number of nitrogens with zero attached hydrogens (tertiary/aromatic N) is 1. The van der Waals surface area contributed by atoms with Gasteiger partial charge in [-0.1, -0.05) is 0 Å². The van der Waals surface area contributed by atoms with Gasteiger partial charge in [-0.2, -0.15) is 0 Å². The normalized spacial score (nSPS) is 26.6. The number of nitrogens with two attached hydrogens (primary N) is 1. The molecule has 1 aliphatic carbocycles. The highest BCUT2D eigenvalue weighted by Gasteiger charge is 2.30. The topological polar surface area (TPSA) is 77.2 Å². The van der Waals surface area contributed by atoms with E-state index in [0.717, 1.165) is 17.8 Å². The molecule has 2 heterocycles. The van der Waals surface area contributed by atoms with Crippen LogP contribution in [0.15, 0.2) is 5.38 Å². The van der Waals surface area contributed by atoms with Crippen LogP contribution in [0.2, 0.25) is 0 Å². The van der Waals surface area contributed by atoms with Gasteiger partial charge in [-0.25, -0.2) is 4.98 Å². The predicted molar refractivity (Wildman–Crippen MR) is 72.9 cm³/mol. The molecule has 0 unspecified atom stereocenters. The number of thiazole rings is 1. The summed E-state index contributed by atoms with van der Waals surface area (Å²) in [6, 6.07) is 0. The number of carbonyl (C=O) groups is 1. The third-order valence-corrected chi connectivity index (χ3v) is 4.51. The van der Waals surface area contributed by atoms with Gasteiger partial charge in [0.1, 0.15) is 11.1 Å². The number of ether oxygens (including phenoxy) is 1. The first-order chi connectivity index (χ1) is 9.26. The number of nitrogens with one attached hydrogen (secondary N) is 1.